The highest BCUT2D eigenvalue weighted by Gasteiger charge is 2.37. The fraction of sp³-hybridized carbons (Fsp3) is 0.156. The summed E-state index contributed by atoms with van der Waals surface area (Å²) in [5.74, 6) is 0. The molecule has 0 unspecified atom stereocenters. The average molecular weight is 829 g/mol. The molecule has 0 bridgehead atoms. The summed E-state index contributed by atoms with van der Waals surface area (Å²) in [6, 6.07) is 72.6. The maximum absolute atomic E-state index is 2.47. The molecule has 0 heteroatoms. The van der Waals surface area contributed by atoms with Crippen molar-refractivity contribution in [3.63, 3.8) is 0 Å². The third kappa shape index (κ3) is 8.79. The van der Waals surface area contributed by atoms with Crippen molar-refractivity contribution in [2.45, 2.75) is 67.2 Å². The lowest BCUT2D eigenvalue weighted by molar-refractivity contribution is 0.660. The molecule has 0 nitrogen and oxygen atoms in total. The van der Waals surface area contributed by atoms with Gasteiger partial charge < -0.3 is 0 Å². The Morgan fingerprint density at radius 2 is 0.891 bits per heavy atom. The first kappa shape index (κ1) is 43.6. The van der Waals surface area contributed by atoms with E-state index in [1.165, 1.54) is 111 Å². The molecule has 0 spiro atoms. The molecule has 316 valence electrons. The summed E-state index contributed by atoms with van der Waals surface area (Å²) in [5, 5.41) is 2.64. The summed E-state index contributed by atoms with van der Waals surface area (Å²) >= 11 is 0. The maximum Gasteiger partial charge on any atom is 0.0159 e. The normalized spacial score (nSPS) is 12.5. The van der Waals surface area contributed by atoms with E-state index in [2.05, 4.69) is 230 Å². The molecule has 0 aliphatic heterocycles. The van der Waals surface area contributed by atoms with Gasteiger partial charge in [-0.15, -0.1) is 0 Å². The molecule has 2 aliphatic rings. The largest absolute Gasteiger partial charge is 0.0766 e. The second kappa shape index (κ2) is 19.2. The summed E-state index contributed by atoms with van der Waals surface area (Å²) in [4.78, 5) is 0. The zero-order valence-electron chi connectivity index (χ0n) is 38.8. The summed E-state index contributed by atoms with van der Waals surface area (Å²) < 4.78 is 0. The molecule has 0 aromatic heterocycles. The number of benzene rings is 9. The first-order chi connectivity index (χ1) is 31.2. The van der Waals surface area contributed by atoms with Gasteiger partial charge in [-0.05, 0) is 140 Å². The van der Waals surface area contributed by atoms with Gasteiger partial charge in [0.1, 0.15) is 0 Å². The van der Waals surface area contributed by atoms with Gasteiger partial charge >= 0.3 is 0 Å². The Bertz CT molecular complexity index is 3070. The van der Waals surface area contributed by atoms with Crippen molar-refractivity contribution in [3.8, 4) is 55.6 Å². The van der Waals surface area contributed by atoms with Crippen molar-refractivity contribution in [1.82, 2.24) is 0 Å². The van der Waals surface area contributed by atoms with E-state index in [4.69, 9.17) is 0 Å². The summed E-state index contributed by atoms with van der Waals surface area (Å²) in [6.07, 6.45) is 3.37. The molecule has 0 amide bonds. The van der Waals surface area contributed by atoms with E-state index in [-0.39, 0.29) is 5.41 Å². The Balaban J connectivity index is 0.000000176. The lowest BCUT2D eigenvalue weighted by Crippen LogP contribution is -2.15. The van der Waals surface area contributed by atoms with Crippen LogP contribution < -0.4 is 0 Å². The third-order valence-corrected chi connectivity index (χ3v) is 12.8. The van der Waals surface area contributed by atoms with Crippen LogP contribution in [0.15, 0.2) is 206 Å². The number of fused-ring (bicyclic) bond motifs is 8. The minimum Gasteiger partial charge on any atom is -0.0766 e. The molecule has 9 aromatic rings. The van der Waals surface area contributed by atoms with Crippen molar-refractivity contribution in [3.05, 3.63) is 245 Å². The summed E-state index contributed by atoms with van der Waals surface area (Å²) in [5.41, 5.74) is 24.0. The number of allylic oxidation sites excluding steroid dienone is 2. The van der Waals surface area contributed by atoms with Crippen molar-refractivity contribution >= 4 is 16.3 Å². The van der Waals surface area contributed by atoms with Crippen LogP contribution in [0, 0.1) is 20.8 Å². The Hall–Kier alpha value is -7.02. The van der Waals surface area contributed by atoms with E-state index >= 15 is 0 Å². The third-order valence-electron chi connectivity index (χ3n) is 12.8. The van der Waals surface area contributed by atoms with Gasteiger partial charge in [0.25, 0.3) is 0 Å². The number of rotatable bonds is 3. The van der Waals surface area contributed by atoms with Crippen LogP contribution >= 0.6 is 0 Å². The molecule has 11 rings (SSSR count). The quantitative estimate of drug-likeness (QED) is 0.166. The fourth-order valence-electron chi connectivity index (χ4n) is 9.46. The van der Waals surface area contributed by atoms with Crippen molar-refractivity contribution < 1.29 is 0 Å². The fourth-order valence-corrected chi connectivity index (χ4v) is 9.46. The van der Waals surface area contributed by atoms with Gasteiger partial charge in [-0.1, -0.05) is 239 Å². The molecule has 9 aromatic carbocycles. The van der Waals surface area contributed by atoms with Crippen molar-refractivity contribution in [1.29, 1.82) is 0 Å². The van der Waals surface area contributed by atoms with Crippen LogP contribution in [0.3, 0.4) is 0 Å². The van der Waals surface area contributed by atoms with E-state index in [0.29, 0.717) is 0 Å². The van der Waals surface area contributed by atoms with E-state index < -0.39 is 0 Å². The van der Waals surface area contributed by atoms with Gasteiger partial charge in [0.05, 0.1) is 0 Å². The highest BCUT2D eigenvalue weighted by atomic mass is 14.4. The van der Waals surface area contributed by atoms with Crippen LogP contribution in [0.1, 0.15) is 73.6 Å². The first-order valence-electron chi connectivity index (χ1n) is 23.0. The van der Waals surface area contributed by atoms with Gasteiger partial charge in [0, 0.05) is 5.41 Å². The summed E-state index contributed by atoms with van der Waals surface area (Å²) in [7, 11) is 0. The average Bonchev–Trinajstić information content (AvgIpc) is 3.47. The monoisotopic (exact) mass is 828 g/mol. The van der Waals surface area contributed by atoms with E-state index in [1.54, 1.807) is 0 Å². The van der Waals surface area contributed by atoms with Gasteiger partial charge in [0.2, 0.25) is 0 Å². The highest BCUT2D eigenvalue weighted by Crippen LogP contribution is 2.53. The number of aryl methyl sites for hydroxylation is 3. The Labute approximate surface area is 382 Å². The van der Waals surface area contributed by atoms with E-state index in [1.807, 2.05) is 32.0 Å². The zero-order valence-corrected chi connectivity index (χ0v) is 38.8. The van der Waals surface area contributed by atoms with Gasteiger partial charge in [-0.2, -0.15) is 0 Å². The van der Waals surface area contributed by atoms with Gasteiger partial charge in [0.15, 0.2) is 0 Å². The molecule has 0 saturated heterocycles. The predicted molar refractivity (Wildman–Crippen MR) is 279 cm³/mol. The molecule has 0 N–H and O–H groups in total. The van der Waals surface area contributed by atoms with Crippen LogP contribution in [-0.2, 0) is 11.8 Å². The molecule has 0 radical (unpaired) electrons. The minimum absolute atomic E-state index is 0.0539. The second-order valence-corrected chi connectivity index (χ2v) is 17.5. The molecule has 2 aliphatic carbocycles. The Kier molecular flexibility index (Phi) is 13.1. The number of hydrogen-bond donors (Lipinski definition) is 0. The standard InChI is InChI=1S/C38H30.C17H16.C7H8.C2H6/c1-25-18-20-32-35(22-25)38(2,3)36-24-34(30-16-10-11-17-31(30)37(32)36)28-19-21-29(26-12-6-4-7-13-26)33(23-28)27-14-8-5-9-15-27;1-12-7-10-16-15-6-4-3-5-14(15)9-8-13(2)17(16)11-12;1-7-5-3-2-4-6-7;1-2/h4-24H,1-3H3;3-8,10-11H,9H2,1-2H3;2-6H,1H3;1-2H3. The molecule has 0 saturated carbocycles. The molecule has 0 heterocycles. The van der Waals surface area contributed by atoms with Gasteiger partial charge in [-0.25, -0.2) is 0 Å². The van der Waals surface area contributed by atoms with Crippen LogP contribution in [0.5, 0.6) is 0 Å². The van der Waals surface area contributed by atoms with Crippen LogP contribution in [-0.4, -0.2) is 0 Å². The Morgan fingerprint density at radius 3 is 1.55 bits per heavy atom. The molecule has 0 atom stereocenters. The highest BCUT2D eigenvalue weighted by molar-refractivity contribution is 6.09. The Morgan fingerprint density at radius 1 is 0.344 bits per heavy atom. The molecular formula is C64H60. The lowest BCUT2D eigenvalue weighted by Gasteiger charge is -2.23. The SMILES string of the molecule is CC.CC1=CCc2ccccc2-c2ccc(C)cc21.Cc1ccc2c(c1)C(C)(C)c1cc(-c3ccc(-c4ccccc4)c(-c4ccccc4)c3)c3ccccc3c1-2.Cc1ccccc1. The lowest BCUT2D eigenvalue weighted by atomic mass is 9.80. The van der Waals surface area contributed by atoms with E-state index in [0.717, 1.165) is 6.42 Å². The smallest absolute Gasteiger partial charge is 0.0159 e. The second-order valence-electron chi connectivity index (χ2n) is 17.5. The molecule has 0 fully saturated rings. The number of hydrogen-bond acceptors (Lipinski definition) is 0. The topological polar surface area (TPSA) is 0 Å². The van der Waals surface area contributed by atoms with Crippen LogP contribution in [0.25, 0.3) is 72.0 Å². The van der Waals surface area contributed by atoms with Crippen LogP contribution in [0.4, 0.5) is 0 Å². The van der Waals surface area contributed by atoms with Crippen LogP contribution in [0.2, 0.25) is 0 Å². The van der Waals surface area contributed by atoms with Crippen molar-refractivity contribution in [2.75, 3.05) is 0 Å². The van der Waals surface area contributed by atoms with E-state index in [9.17, 15) is 0 Å². The molecule has 64 heavy (non-hydrogen) atoms. The van der Waals surface area contributed by atoms with Gasteiger partial charge in [-0.3, -0.25) is 0 Å². The summed E-state index contributed by atoms with van der Waals surface area (Å²) in [6.45, 7) is 17.4. The zero-order chi connectivity index (χ0) is 44.8. The van der Waals surface area contributed by atoms with Crippen molar-refractivity contribution in [2.24, 2.45) is 0 Å². The maximum atomic E-state index is 2.47. The minimum atomic E-state index is -0.0539. The predicted octanol–water partition coefficient (Wildman–Crippen LogP) is 18.1. The first-order valence-corrected chi connectivity index (χ1v) is 23.0. The molecular weight excluding hydrogens is 769 g/mol.